The molecule has 3 rings (SSSR count). The van der Waals surface area contributed by atoms with Gasteiger partial charge >= 0.3 is 0 Å². The van der Waals surface area contributed by atoms with Crippen LogP contribution in [0.2, 0.25) is 0 Å². The average molecular weight is 357 g/mol. The summed E-state index contributed by atoms with van der Waals surface area (Å²) in [6, 6.07) is 9.64. The minimum Gasteiger partial charge on any atom is -0.493 e. The summed E-state index contributed by atoms with van der Waals surface area (Å²) in [7, 11) is 1.54. The quantitative estimate of drug-likeness (QED) is 0.736. The maximum atomic E-state index is 12.4. The third-order valence-electron chi connectivity index (χ3n) is 4.65. The van der Waals surface area contributed by atoms with Crippen LogP contribution in [-0.2, 0) is 4.74 Å². The van der Waals surface area contributed by atoms with Crippen molar-refractivity contribution in [1.82, 2.24) is 15.1 Å². The summed E-state index contributed by atoms with van der Waals surface area (Å²) in [6.45, 7) is 1.24. The van der Waals surface area contributed by atoms with Crippen LogP contribution in [0.15, 0.2) is 36.5 Å². The molecule has 0 spiro atoms. The topological polar surface area (TPSA) is 65.4 Å². The van der Waals surface area contributed by atoms with Gasteiger partial charge in [-0.25, -0.2) is 4.68 Å². The second-order valence-electron chi connectivity index (χ2n) is 6.57. The fraction of sp³-hybridized carbons (Fsp3) is 0.500. The number of benzene rings is 1. The molecule has 1 N–H and O–H groups in total. The number of rotatable bonds is 8. The van der Waals surface area contributed by atoms with E-state index < -0.39 is 0 Å². The lowest BCUT2D eigenvalue weighted by Crippen LogP contribution is -2.27. The molecule has 0 bridgehead atoms. The molecule has 2 aromatic rings. The Labute approximate surface area is 154 Å². The summed E-state index contributed by atoms with van der Waals surface area (Å²) in [6.07, 6.45) is 9.12. The first-order valence-electron chi connectivity index (χ1n) is 9.37. The third-order valence-corrected chi connectivity index (χ3v) is 4.65. The molecular formula is C20H27N3O3. The van der Waals surface area contributed by atoms with Crippen LogP contribution in [0.5, 0.6) is 5.75 Å². The van der Waals surface area contributed by atoms with Gasteiger partial charge in [0.15, 0.2) is 11.4 Å². The van der Waals surface area contributed by atoms with Gasteiger partial charge in [-0.3, -0.25) is 4.79 Å². The van der Waals surface area contributed by atoms with Crippen LogP contribution in [0.3, 0.4) is 0 Å². The lowest BCUT2D eigenvalue weighted by Gasteiger charge is -2.21. The SMILES string of the molecule is COc1cn(-c2ccccc2)nc1C(=O)NCCCOC1CCCCC1. The number of nitrogens with zero attached hydrogens (tertiary/aromatic N) is 2. The molecule has 0 atom stereocenters. The van der Waals surface area contributed by atoms with E-state index >= 15 is 0 Å². The van der Waals surface area contributed by atoms with Gasteiger partial charge in [0.2, 0.25) is 0 Å². The van der Waals surface area contributed by atoms with Crippen molar-refractivity contribution in [3.05, 3.63) is 42.2 Å². The fourth-order valence-corrected chi connectivity index (χ4v) is 3.22. The summed E-state index contributed by atoms with van der Waals surface area (Å²) < 4.78 is 12.8. The molecule has 1 fully saturated rings. The van der Waals surface area contributed by atoms with E-state index in [9.17, 15) is 4.79 Å². The van der Waals surface area contributed by atoms with E-state index in [-0.39, 0.29) is 5.91 Å². The summed E-state index contributed by atoms with van der Waals surface area (Å²) in [5.41, 5.74) is 1.18. The zero-order valence-corrected chi connectivity index (χ0v) is 15.3. The number of carbonyl (C=O) groups is 1. The van der Waals surface area contributed by atoms with Gasteiger partial charge < -0.3 is 14.8 Å². The second kappa shape index (κ2) is 9.38. The minimum atomic E-state index is -0.228. The van der Waals surface area contributed by atoms with Crippen LogP contribution < -0.4 is 10.1 Å². The minimum absolute atomic E-state index is 0.228. The number of nitrogens with one attached hydrogen (secondary N) is 1. The maximum Gasteiger partial charge on any atom is 0.275 e. The van der Waals surface area contributed by atoms with Gasteiger partial charge in [0.05, 0.1) is 25.1 Å². The third kappa shape index (κ3) is 4.85. The normalized spacial score (nSPS) is 15.0. The largest absolute Gasteiger partial charge is 0.493 e. The van der Waals surface area contributed by atoms with Crippen LogP contribution in [0.4, 0.5) is 0 Å². The summed E-state index contributed by atoms with van der Waals surface area (Å²) in [5, 5.41) is 7.27. The predicted octanol–water partition coefficient (Wildman–Crippen LogP) is 3.35. The highest BCUT2D eigenvalue weighted by Gasteiger charge is 2.18. The standard InChI is InChI=1S/C20H27N3O3/c1-25-18-15-23(16-9-4-2-5-10-16)22-19(18)20(24)21-13-8-14-26-17-11-6-3-7-12-17/h2,4-5,9-10,15,17H,3,6-8,11-14H2,1H3,(H,21,24). The van der Waals surface area contributed by atoms with Crippen LogP contribution in [0, 0.1) is 0 Å². The molecule has 1 aromatic heterocycles. The first-order chi connectivity index (χ1) is 12.8. The summed E-state index contributed by atoms with van der Waals surface area (Å²) >= 11 is 0. The van der Waals surface area contributed by atoms with Crippen molar-refractivity contribution < 1.29 is 14.3 Å². The Morgan fingerprint density at radius 2 is 2.00 bits per heavy atom. The highest BCUT2D eigenvalue weighted by atomic mass is 16.5. The first-order valence-corrected chi connectivity index (χ1v) is 9.37. The molecule has 1 saturated carbocycles. The maximum absolute atomic E-state index is 12.4. The molecular weight excluding hydrogens is 330 g/mol. The molecule has 6 heteroatoms. The molecule has 6 nitrogen and oxygen atoms in total. The Balaban J connectivity index is 1.48. The Morgan fingerprint density at radius 3 is 2.73 bits per heavy atom. The number of carbonyl (C=O) groups excluding carboxylic acids is 1. The van der Waals surface area contributed by atoms with Crippen LogP contribution in [-0.4, -0.2) is 42.1 Å². The lowest BCUT2D eigenvalue weighted by molar-refractivity contribution is 0.0273. The highest BCUT2D eigenvalue weighted by molar-refractivity contribution is 5.94. The number of amides is 1. The van der Waals surface area contributed by atoms with E-state index in [2.05, 4.69) is 10.4 Å². The molecule has 0 radical (unpaired) electrons. The molecule has 1 aliphatic rings. The summed E-state index contributed by atoms with van der Waals surface area (Å²) in [5.74, 6) is 0.235. The molecule has 1 amide bonds. The number of hydrogen-bond acceptors (Lipinski definition) is 4. The summed E-state index contributed by atoms with van der Waals surface area (Å²) in [4.78, 5) is 12.4. The zero-order chi connectivity index (χ0) is 18.2. The molecule has 0 saturated heterocycles. The van der Waals surface area contributed by atoms with Crippen LogP contribution in [0.1, 0.15) is 49.0 Å². The number of methoxy groups -OCH3 is 1. The molecule has 0 aliphatic heterocycles. The Morgan fingerprint density at radius 1 is 1.23 bits per heavy atom. The second-order valence-corrected chi connectivity index (χ2v) is 6.57. The van der Waals surface area contributed by atoms with Gasteiger partial charge in [-0.15, -0.1) is 0 Å². The molecule has 140 valence electrons. The molecule has 1 aromatic carbocycles. The monoisotopic (exact) mass is 357 g/mol. The van der Waals surface area contributed by atoms with Crippen molar-refractivity contribution in [3.8, 4) is 11.4 Å². The van der Waals surface area contributed by atoms with Crippen molar-refractivity contribution in [2.24, 2.45) is 0 Å². The zero-order valence-electron chi connectivity index (χ0n) is 15.3. The van der Waals surface area contributed by atoms with Crippen molar-refractivity contribution >= 4 is 5.91 Å². The fourth-order valence-electron chi connectivity index (χ4n) is 3.22. The molecule has 0 unspecified atom stereocenters. The predicted molar refractivity (Wildman–Crippen MR) is 99.9 cm³/mol. The van der Waals surface area contributed by atoms with Gasteiger partial charge in [0.25, 0.3) is 5.91 Å². The smallest absolute Gasteiger partial charge is 0.275 e. The van der Waals surface area contributed by atoms with Gasteiger partial charge in [0, 0.05) is 13.2 Å². The molecule has 26 heavy (non-hydrogen) atoms. The van der Waals surface area contributed by atoms with Crippen molar-refractivity contribution in [1.29, 1.82) is 0 Å². The van der Waals surface area contributed by atoms with Crippen molar-refractivity contribution in [2.45, 2.75) is 44.6 Å². The van der Waals surface area contributed by atoms with E-state index in [0.29, 0.717) is 30.7 Å². The van der Waals surface area contributed by atoms with E-state index in [1.807, 2.05) is 30.3 Å². The van der Waals surface area contributed by atoms with Gasteiger partial charge in [-0.2, -0.15) is 5.10 Å². The van der Waals surface area contributed by atoms with Crippen LogP contribution in [0.25, 0.3) is 5.69 Å². The highest BCUT2D eigenvalue weighted by Crippen LogP contribution is 2.21. The van der Waals surface area contributed by atoms with E-state index in [0.717, 1.165) is 12.1 Å². The Bertz CT molecular complexity index is 694. The Kier molecular flexibility index (Phi) is 6.66. The van der Waals surface area contributed by atoms with Gasteiger partial charge in [0.1, 0.15) is 0 Å². The van der Waals surface area contributed by atoms with Crippen LogP contribution >= 0.6 is 0 Å². The van der Waals surface area contributed by atoms with Crippen molar-refractivity contribution in [2.75, 3.05) is 20.3 Å². The lowest BCUT2D eigenvalue weighted by atomic mass is 9.98. The number of aromatic nitrogens is 2. The van der Waals surface area contributed by atoms with Crippen molar-refractivity contribution in [3.63, 3.8) is 0 Å². The molecule has 1 heterocycles. The average Bonchev–Trinajstić information content (AvgIpc) is 3.14. The van der Waals surface area contributed by atoms with E-state index in [1.54, 1.807) is 18.0 Å². The number of para-hydroxylation sites is 1. The number of hydrogen-bond donors (Lipinski definition) is 1. The van der Waals surface area contributed by atoms with Gasteiger partial charge in [-0.05, 0) is 31.4 Å². The van der Waals surface area contributed by atoms with E-state index in [1.165, 1.54) is 32.1 Å². The van der Waals surface area contributed by atoms with E-state index in [4.69, 9.17) is 9.47 Å². The first kappa shape index (κ1) is 18.5. The Hall–Kier alpha value is -2.34. The number of ether oxygens (including phenoxy) is 2. The van der Waals surface area contributed by atoms with Gasteiger partial charge in [-0.1, -0.05) is 37.5 Å². The molecule has 1 aliphatic carbocycles.